The molecule has 6 nitrogen and oxygen atoms in total. The SMILES string of the molecule is C[C@H]1Cc2ccccc2N1S(=O)(=O)c1ccc(OCC(N)=O)cc1. The van der Waals surface area contributed by atoms with Crippen LogP contribution >= 0.6 is 0 Å². The molecule has 0 spiro atoms. The Morgan fingerprint density at radius 2 is 1.88 bits per heavy atom. The number of ether oxygens (including phenoxy) is 1. The van der Waals surface area contributed by atoms with Crippen LogP contribution in [0.15, 0.2) is 53.4 Å². The fourth-order valence-corrected chi connectivity index (χ4v) is 4.57. The standard InChI is InChI=1S/C17H18N2O4S/c1-12-10-13-4-2-3-5-16(13)19(12)24(21,22)15-8-6-14(7-9-15)23-11-17(18)20/h2-9,12H,10-11H2,1H3,(H2,18,20)/t12-/m0/s1. The molecule has 0 unspecified atom stereocenters. The van der Waals surface area contributed by atoms with Gasteiger partial charge >= 0.3 is 0 Å². The van der Waals surface area contributed by atoms with Crippen molar-refractivity contribution in [2.24, 2.45) is 5.73 Å². The van der Waals surface area contributed by atoms with Gasteiger partial charge in [-0.3, -0.25) is 9.10 Å². The van der Waals surface area contributed by atoms with Gasteiger partial charge in [-0.15, -0.1) is 0 Å². The number of sulfonamides is 1. The van der Waals surface area contributed by atoms with E-state index in [1.807, 2.05) is 31.2 Å². The van der Waals surface area contributed by atoms with E-state index in [4.69, 9.17) is 10.5 Å². The molecule has 0 radical (unpaired) electrons. The molecule has 1 aliphatic rings. The average Bonchev–Trinajstić information content (AvgIpc) is 2.89. The Morgan fingerprint density at radius 3 is 2.54 bits per heavy atom. The summed E-state index contributed by atoms with van der Waals surface area (Å²) in [5.74, 6) is -0.197. The summed E-state index contributed by atoms with van der Waals surface area (Å²) < 4.78 is 32.6. The highest BCUT2D eigenvalue weighted by Gasteiger charge is 2.35. The second-order valence-corrected chi connectivity index (χ2v) is 7.52. The predicted octanol–water partition coefficient (Wildman–Crippen LogP) is 1.69. The largest absolute Gasteiger partial charge is 0.484 e. The first kappa shape index (κ1) is 16.3. The summed E-state index contributed by atoms with van der Waals surface area (Å²) in [4.78, 5) is 10.9. The number of carbonyl (C=O) groups is 1. The third kappa shape index (κ3) is 2.94. The number of hydrogen-bond acceptors (Lipinski definition) is 4. The van der Waals surface area contributed by atoms with E-state index in [0.29, 0.717) is 12.2 Å². The molecule has 0 bridgehead atoms. The van der Waals surface area contributed by atoms with Crippen molar-refractivity contribution in [1.82, 2.24) is 0 Å². The number of benzene rings is 2. The van der Waals surface area contributed by atoms with Gasteiger partial charge in [0, 0.05) is 6.04 Å². The molecule has 2 N–H and O–H groups in total. The summed E-state index contributed by atoms with van der Waals surface area (Å²) in [5.41, 5.74) is 6.76. The Kier molecular flexibility index (Phi) is 4.19. The third-order valence-corrected chi connectivity index (χ3v) is 5.85. The van der Waals surface area contributed by atoms with Gasteiger partial charge in [0.15, 0.2) is 6.61 Å². The zero-order chi connectivity index (χ0) is 17.3. The molecular weight excluding hydrogens is 328 g/mol. The van der Waals surface area contributed by atoms with Gasteiger partial charge in [-0.1, -0.05) is 18.2 Å². The number of nitrogens with two attached hydrogens (primary N) is 1. The zero-order valence-electron chi connectivity index (χ0n) is 13.2. The number of primary amides is 1. The van der Waals surface area contributed by atoms with Crippen molar-refractivity contribution in [3.05, 3.63) is 54.1 Å². The van der Waals surface area contributed by atoms with Gasteiger partial charge in [-0.2, -0.15) is 0 Å². The van der Waals surface area contributed by atoms with Crippen molar-refractivity contribution in [2.45, 2.75) is 24.3 Å². The van der Waals surface area contributed by atoms with Crippen molar-refractivity contribution in [3.63, 3.8) is 0 Å². The highest BCUT2D eigenvalue weighted by molar-refractivity contribution is 7.92. The quantitative estimate of drug-likeness (QED) is 0.892. The molecule has 24 heavy (non-hydrogen) atoms. The fourth-order valence-electron chi connectivity index (χ4n) is 2.88. The minimum absolute atomic E-state index is 0.141. The van der Waals surface area contributed by atoms with E-state index in [1.54, 1.807) is 0 Å². The van der Waals surface area contributed by atoms with Crippen molar-refractivity contribution in [1.29, 1.82) is 0 Å². The number of fused-ring (bicyclic) bond motifs is 1. The van der Waals surface area contributed by atoms with Gasteiger partial charge in [0.2, 0.25) is 0 Å². The maximum absolute atomic E-state index is 13.0. The summed E-state index contributed by atoms with van der Waals surface area (Å²) in [7, 11) is -3.66. The molecule has 1 amide bonds. The summed E-state index contributed by atoms with van der Waals surface area (Å²) >= 11 is 0. The molecule has 2 aromatic carbocycles. The molecule has 1 heterocycles. The molecular formula is C17H18N2O4S. The van der Waals surface area contributed by atoms with Gasteiger partial charge < -0.3 is 10.5 Å². The third-order valence-electron chi connectivity index (χ3n) is 3.91. The topological polar surface area (TPSA) is 89.7 Å². The van der Waals surface area contributed by atoms with E-state index in [1.165, 1.54) is 28.6 Å². The Labute approximate surface area is 140 Å². The molecule has 0 saturated heterocycles. The lowest BCUT2D eigenvalue weighted by Crippen LogP contribution is -2.35. The molecule has 2 aromatic rings. The molecule has 0 fully saturated rings. The number of anilines is 1. The number of carbonyl (C=O) groups excluding carboxylic acids is 1. The summed E-state index contributed by atoms with van der Waals surface area (Å²) in [6.45, 7) is 1.64. The van der Waals surface area contributed by atoms with E-state index in [0.717, 1.165) is 11.3 Å². The van der Waals surface area contributed by atoms with Crippen LogP contribution in [0.2, 0.25) is 0 Å². The maximum atomic E-state index is 13.0. The van der Waals surface area contributed by atoms with Crippen LogP contribution in [0, 0.1) is 0 Å². The van der Waals surface area contributed by atoms with Crippen molar-refractivity contribution in [3.8, 4) is 5.75 Å². The molecule has 126 valence electrons. The molecule has 3 rings (SSSR count). The van der Waals surface area contributed by atoms with Crippen molar-refractivity contribution in [2.75, 3.05) is 10.9 Å². The van der Waals surface area contributed by atoms with Crippen LogP contribution in [0.1, 0.15) is 12.5 Å². The van der Waals surface area contributed by atoms with Gasteiger partial charge in [0.25, 0.3) is 15.9 Å². The average molecular weight is 346 g/mol. The maximum Gasteiger partial charge on any atom is 0.264 e. The highest BCUT2D eigenvalue weighted by atomic mass is 32.2. The first-order valence-corrected chi connectivity index (χ1v) is 8.97. The molecule has 1 atom stereocenters. The first-order valence-electron chi connectivity index (χ1n) is 7.53. The number of rotatable bonds is 5. The van der Waals surface area contributed by atoms with Crippen LogP contribution in [-0.2, 0) is 21.2 Å². The van der Waals surface area contributed by atoms with Crippen LogP contribution in [-0.4, -0.2) is 27.0 Å². The fraction of sp³-hybridized carbons (Fsp3) is 0.235. The lowest BCUT2D eigenvalue weighted by Gasteiger charge is -2.24. The summed E-state index contributed by atoms with van der Waals surface area (Å²) in [5, 5.41) is 0. The number of nitrogens with zero attached hydrogens (tertiary/aromatic N) is 1. The van der Waals surface area contributed by atoms with Crippen LogP contribution in [0.5, 0.6) is 5.75 Å². The van der Waals surface area contributed by atoms with Gasteiger partial charge in [-0.25, -0.2) is 8.42 Å². The number of hydrogen-bond donors (Lipinski definition) is 1. The number of amides is 1. The molecule has 1 aliphatic heterocycles. The Bertz CT molecular complexity index is 862. The van der Waals surface area contributed by atoms with Crippen molar-refractivity contribution < 1.29 is 17.9 Å². The normalized spacial score (nSPS) is 16.7. The van der Waals surface area contributed by atoms with E-state index in [9.17, 15) is 13.2 Å². The summed E-state index contributed by atoms with van der Waals surface area (Å²) in [6, 6.07) is 13.3. The predicted molar refractivity (Wildman–Crippen MR) is 90.4 cm³/mol. The highest BCUT2D eigenvalue weighted by Crippen LogP contribution is 2.36. The monoisotopic (exact) mass is 346 g/mol. The Balaban J connectivity index is 1.90. The van der Waals surface area contributed by atoms with Crippen molar-refractivity contribution >= 4 is 21.6 Å². The van der Waals surface area contributed by atoms with Crippen LogP contribution in [0.4, 0.5) is 5.69 Å². The van der Waals surface area contributed by atoms with E-state index >= 15 is 0 Å². The molecule has 0 aliphatic carbocycles. The van der Waals surface area contributed by atoms with E-state index < -0.39 is 15.9 Å². The Morgan fingerprint density at radius 1 is 1.21 bits per heavy atom. The van der Waals surface area contributed by atoms with Crippen LogP contribution < -0.4 is 14.8 Å². The van der Waals surface area contributed by atoms with Gasteiger partial charge in [0.1, 0.15) is 5.75 Å². The van der Waals surface area contributed by atoms with Crippen LogP contribution in [0.3, 0.4) is 0 Å². The van der Waals surface area contributed by atoms with E-state index in [2.05, 4.69) is 0 Å². The summed E-state index contributed by atoms with van der Waals surface area (Å²) in [6.07, 6.45) is 0.690. The van der Waals surface area contributed by atoms with Crippen LogP contribution in [0.25, 0.3) is 0 Å². The second kappa shape index (κ2) is 6.16. The molecule has 0 aromatic heterocycles. The molecule has 0 saturated carbocycles. The zero-order valence-corrected chi connectivity index (χ0v) is 14.0. The first-order chi connectivity index (χ1) is 11.4. The minimum Gasteiger partial charge on any atom is -0.484 e. The lowest BCUT2D eigenvalue weighted by molar-refractivity contribution is -0.119. The van der Waals surface area contributed by atoms with Gasteiger partial charge in [0.05, 0.1) is 10.6 Å². The minimum atomic E-state index is -3.66. The molecule has 7 heteroatoms. The smallest absolute Gasteiger partial charge is 0.264 e. The number of para-hydroxylation sites is 1. The van der Waals surface area contributed by atoms with E-state index in [-0.39, 0.29) is 17.5 Å². The second-order valence-electron chi connectivity index (χ2n) is 5.71. The Hall–Kier alpha value is -2.54. The van der Waals surface area contributed by atoms with Gasteiger partial charge in [-0.05, 0) is 49.2 Å². The lowest BCUT2D eigenvalue weighted by atomic mass is 10.1.